The van der Waals surface area contributed by atoms with E-state index in [1.165, 1.54) is 29.6 Å². The maximum Gasteiger partial charge on any atom is 0.270 e. The molecule has 0 N–H and O–H groups in total. The molecule has 0 aromatic heterocycles. The third-order valence-corrected chi connectivity index (χ3v) is 6.68. The molecule has 0 aliphatic heterocycles. The van der Waals surface area contributed by atoms with Crippen molar-refractivity contribution in [3.05, 3.63) is 94.0 Å². The van der Waals surface area contributed by atoms with Crippen LogP contribution in [0.4, 0.5) is 11.4 Å². The first-order valence-electron chi connectivity index (χ1n) is 9.23. The highest BCUT2D eigenvalue weighted by atomic mass is 32.2. The molecule has 3 aromatic carbocycles. The second-order valence-corrected chi connectivity index (χ2v) is 8.66. The number of methoxy groups -OCH3 is 1. The SMILES string of the molecule is COc1ccc(N([C@@H](C)c2cccc(C)c2)S(=O)(=O)c2cccc([N+](=O)[O-])c2)cc1. The third-order valence-electron chi connectivity index (χ3n) is 4.79. The Balaban J connectivity index is 2.17. The summed E-state index contributed by atoms with van der Waals surface area (Å²) in [5, 5.41) is 11.2. The fourth-order valence-electron chi connectivity index (χ4n) is 3.24. The Labute approximate surface area is 175 Å². The zero-order chi connectivity index (χ0) is 21.9. The fraction of sp³-hybridized carbons (Fsp3) is 0.182. The van der Waals surface area contributed by atoms with Crippen LogP contribution in [0.5, 0.6) is 5.75 Å². The van der Waals surface area contributed by atoms with Crippen LogP contribution >= 0.6 is 0 Å². The summed E-state index contributed by atoms with van der Waals surface area (Å²) in [5.74, 6) is 0.592. The molecule has 1 atom stereocenters. The van der Waals surface area contributed by atoms with Gasteiger partial charge in [-0.2, -0.15) is 0 Å². The first-order chi connectivity index (χ1) is 14.2. The summed E-state index contributed by atoms with van der Waals surface area (Å²) in [7, 11) is -2.57. The smallest absolute Gasteiger partial charge is 0.270 e. The van der Waals surface area contributed by atoms with Gasteiger partial charge in [0, 0.05) is 12.1 Å². The van der Waals surface area contributed by atoms with Gasteiger partial charge < -0.3 is 4.74 Å². The van der Waals surface area contributed by atoms with Gasteiger partial charge in [0.1, 0.15) is 5.75 Å². The number of ether oxygens (including phenoxy) is 1. The molecule has 0 heterocycles. The van der Waals surface area contributed by atoms with E-state index in [1.807, 2.05) is 31.2 Å². The number of nitrogens with zero attached hydrogens (tertiary/aromatic N) is 2. The maximum absolute atomic E-state index is 13.6. The van der Waals surface area contributed by atoms with Gasteiger partial charge in [-0.05, 0) is 49.7 Å². The van der Waals surface area contributed by atoms with Crippen molar-refractivity contribution in [3.63, 3.8) is 0 Å². The van der Waals surface area contributed by atoms with Gasteiger partial charge >= 0.3 is 0 Å². The molecule has 30 heavy (non-hydrogen) atoms. The van der Waals surface area contributed by atoms with Crippen LogP contribution in [-0.4, -0.2) is 20.5 Å². The lowest BCUT2D eigenvalue weighted by Gasteiger charge is -2.31. The highest BCUT2D eigenvalue weighted by Crippen LogP contribution is 2.35. The number of non-ortho nitro benzene ring substituents is 1. The lowest BCUT2D eigenvalue weighted by Crippen LogP contribution is -2.33. The third kappa shape index (κ3) is 4.28. The van der Waals surface area contributed by atoms with Gasteiger partial charge in [-0.3, -0.25) is 14.4 Å². The van der Waals surface area contributed by atoms with Crippen molar-refractivity contribution < 1.29 is 18.1 Å². The number of nitro benzene ring substituents is 1. The molecule has 156 valence electrons. The van der Waals surface area contributed by atoms with Gasteiger partial charge in [0.05, 0.1) is 28.7 Å². The number of hydrogen-bond donors (Lipinski definition) is 0. The molecule has 0 fully saturated rings. The number of hydrogen-bond acceptors (Lipinski definition) is 5. The average molecular weight is 426 g/mol. The molecular weight excluding hydrogens is 404 g/mol. The van der Waals surface area contributed by atoms with Crippen LogP contribution in [0.3, 0.4) is 0 Å². The van der Waals surface area contributed by atoms with Crippen molar-refractivity contribution in [1.82, 2.24) is 0 Å². The molecule has 8 heteroatoms. The first-order valence-corrected chi connectivity index (χ1v) is 10.7. The summed E-state index contributed by atoms with van der Waals surface area (Å²) in [6.07, 6.45) is 0. The molecule has 0 spiro atoms. The standard InChI is InChI=1S/C22H22N2O5S/c1-16-6-4-7-18(14-16)17(2)23(19-10-12-21(29-3)13-11-19)30(27,28)22-9-5-8-20(15-22)24(25)26/h4-15,17H,1-3H3/t17-/m0/s1. The van der Waals surface area contributed by atoms with Crippen molar-refractivity contribution in [3.8, 4) is 5.75 Å². The summed E-state index contributed by atoms with van der Waals surface area (Å²) >= 11 is 0. The van der Waals surface area contributed by atoms with Crippen LogP contribution < -0.4 is 9.04 Å². The molecular formula is C22H22N2O5S. The van der Waals surface area contributed by atoms with Crippen LogP contribution in [0, 0.1) is 17.0 Å². The predicted molar refractivity (Wildman–Crippen MR) is 115 cm³/mol. The largest absolute Gasteiger partial charge is 0.497 e. The van der Waals surface area contributed by atoms with E-state index >= 15 is 0 Å². The van der Waals surface area contributed by atoms with E-state index < -0.39 is 21.0 Å². The molecule has 0 bridgehead atoms. The minimum Gasteiger partial charge on any atom is -0.497 e. The molecule has 3 aromatic rings. The topological polar surface area (TPSA) is 89.8 Å². The number of rotatable bonds is 7. The molecule has 0 aliphatic carbocycles. The normalized spacial score (nSPS) is 12.2. The predicted octanol–water partition coefficient (Wildman–Crippen LogP) is 4.87. The second-order valence-electron chi connectivity index (χ2n) is 6.84. The van der Waals surface area contributed by atoms with E-state index in [4.69, 9.17) is 4.74 Å². The van der Waals surface area contributed by atoms with E-state index in [0.29, 0.717) is 11.4 Å². The summed E-state index contributed by atoms with van der Waals surface area (Å²) in [6, 6.07) is 18.8. The zero-order valence-electron chi connectivity index (χ0n) is 16.8. The van der Waals surface area contributed by atoms with Crippen LogP contribution in [0.15, 0.2) is 77.7 Å². The summed E-state index contributed by atoms with van der Waals surface area (Å²) in [5.41, 5.74) is 1.95. The Morgan fingerprint density at radius 1 is 1.00 bits per heavy atom. The molecule has 7 nitrogen and oxygen atoms in total. The van der Waals surface area contributed by atoms with Gasteiger partial charge in [0.2, 0.25) is 0 Å². The Bertz CT molecular complexity index is 1160. The summed E-state index contributed by atoms with van der Waals surface area (Å²) in [4.78, 5) is 10.4. The highest BCUT2D eigenvalue weighted by Gasteiger charge is 2.31. The van der Waals surface area contributed by atoms with E-state index in [2.05, 4.69) is 0 Å². The Kier molecular flexibility index (Phi) is 6.07. The fourth-order valence-corrected chi connectivity index (χ4v) is 4.92. The quantitative estimate of drug-likeness (QED) is 0.397. The summed E-state index contributed by atoms with van der Waals surface area (Å²) < 4.78 is 33.7. The highest BCUT2D eigenvalue weighted by molar-refractivity contribution is 7.92. The number of aryl methyl sites for hydroxylation is 1. The summed E-state index contributed by atoms with van der Waals surface area (Å²) in [6.45, 7) is 3.72. The molecule has 0 aliphatic rings. The van der Waals surface area contributed by atoms with Crippen LogP contribution in [0.1, 0.15) is 24.1 Å². The van der Waals surface area contributed by atoms with Gasteiger partial charge in [-0.25, -0.2) is 8.42 Å². The van der Waals surface area contributed by atoms with Crippen molar-refractivity contribution >= 4 is 21.4 Å². The Hall–Kier alpha value is -3.39. The van der Waals surface area contributed by atoms with E-state index in [-0.39, 0.29) is 10.6 Å². The van der Waals surface area contributed by atoms with Crippen LogP contribution in [0.2, 0.25) is 0 Å². The molecule has 0 amide bonds. The van der Waals surface area contributed by atoms with E-state index in [0.717, 1.165) is 17.2 Å². The van der Waals surface area contributed by atoms with Gasteiger partial charge in [-0.15, -0.1) is 0 Å². The lowest BCUT2D eigenvalue weighted by atomic mass is 10.1. The minimum atomic E-state index is -4.10. The number of anilines is 1. The van der Waals surface area contributed by atoms with Gasteiger partial charge in [0.15, 0.2) is 0 Å². The van der Waals surface area contributed by atoms with Crippen LogP contribution in [-0.2, 0) is 10.0 Å². The van der Waals surface area contributed by atoms with Gasteiger partial charge in [0.25, 0.3) is 15.7 Å². The monoisotopic (exact) mass is 426 g/mol. The second kappa shape index (κ2) is 8.54. The minimum absolute atomic E-state index is 0.146. The van der Waals surface area contributed by atoms with Crippen LogP contribution in [0.25, 0.3) is 0 Å². The van der Waals surface area contributed by atoms with E-state index in [1.54, 1.807) is 31.2 Å². The molecule has 0 saturated heterocycles. The molecule has 0 radical (unpaired) electrons. The number of nitro groups is 1. The Morgan fingerprint density at radius 2 is 1.67 bits per heavy atom. The first kappa shape index (κ1) is 21.3. The molecule has 0 saturated carbocycles. The van der Waals surface area contributed by atoms with Crippen molar-refractivity contribution in [2.75, 3.05) is 11.4 Å². The number of sulfonamides is 1. The van der Waals surface area contributed by atoms with Gasteiger partial charge in [-0.1, -0.05) is 35.9 Å². The molecule has 3 rings (SSSR count). The average Bonchev–Trinajstić information content (AvgIpc) is 2.74. The molecule has 0 unspecified atom stereocenters. The lowest BCUT2D eigenvalue weighted by molar-refractivity contribution is -0.385. The van der Waals surface area contributed by atoms with Crippen molar-refractivity contribution in [2.45, 2.75) is 24.8 Å². The zero-order valence-corrected chi connectivity index (χ0v) is 17.7. The Morgan fingerprint density at radius 3 is 2.27 bits per heavy atom. The van der Waals surface area contributed by atoms with Crippen molar-refractivity contribution in [1.29, 1.82) is 0 Å². The number of benzene rings is 3. The van der Waals surface area contributed by atoms with E-state index in [9.17, 15) is 18.5 Å². The maximum atomic E-state index is 13.6. The van der Waals surface area contributed by atoms with Crippen molar-refractivity contribution in [2.24, 2.45) is 0 Å².